The second-order valence-electron chi connectivity index (χ2n) is 4.82. The van der Waals surface area contributed by atoms with Crippen LogP contribution in [0.4, 0.5) is 0 Å². The summed E-state index contributed by atoms with van der Waals surface area (Å²) in [6, 6.07) is 0. The first-order valence-corrected chi connectivity index (χ1v) is 7.00. The predicted octanol–water partition coefficient (Wildman–Crippen LogP) is 3.87. The fourth-order valence-electron chi connectivity index (χ4n) is 1.81. The van der Waals surface area contributed by atoms with E-state index >= 15 is 0 Å². The molecule has 4 heteroatoms. The zero-order valence-electron chi connectivity index (χ0n) is 12.2. The Morgan fingerprint density at radius 3 is 2.40 bits per heavy atom. The molecule has 0 aromatic heterocycles. The Hall–Kier alpha value is -1.61. The van der Waals surface area contributed by atoms with E-state index in [4.69, 9.17) is 17.3 Å². The molecule has 3 nitrogen and oxygen atoms in total. The van der Waals surface area contributed by atoms with E-state index in [0.717, 1.165) is 29.8 Å². The van der Waals surface area contributed by atoms with E-state index in [0.29, 0.717) is 16.5 Å². The van der Waals surface area contributed by atoms with Gasteiger partial charge in [-0.2, -0.15) is 0 Å². The number of carbonyl (C=O) groups is 1. The van der Waals surface area contributed by atoms with Gasteiger partial charge in [0.1, 0.15) is 0 Å². The van der Waals surface area contributed by atoms with Crippen LogP contribution in [0.25, 0.3) is 0 Å². The van der Waals surface area contributed by atoms with Gasteiger partial charge in [-0.3, -0.25) is 9.79 Å². The van der Waals surface area contributed by atoms with Crippen molar-refractivity contribution in [2.24, 2.45) is 16.6 Å². The van der Waals surface area contributed by atoms with Crippen molar-refractivity contribution in [2.75, 3.05) is 0 Å². The number of nitrogens with two attached hydrogens (primary N) is 1. The maximum atomic E-state index is 11.4. The minimum atomic E-state index is -0.412. The largest absolute Gasteiger partial charge is 0.366 e. The van der Waals surface area contributed by atoms with Gasteiger partial charge in [0.25, 0.3) is 0 Å². The van der Waals surface area contributed by atoms with E-state index in [9.17, 15) is 4.79 Å². The SMILES string of the molecule is C=C\C(Cl)=C/C(=C\C)C(/C)=N/C(=C(\C)C(N)=O)C1CC1. The molecule has 0 aromatic carbocycles. The monoisotopic (exact) mass is 292 g/mol. The number of hydrogen-bond donors (Lipinski definition) is 1. The van der Waals surface area contributed by atoms with Crippen molar-refractivity contribution in [3.8, 4) is 0 Å². The quantitative estimate of drug-likeness (QED) is 0.451. The van der Waals surface area contributed by atoms with E-state index in [1.165, 1.54) is 0 Å². The summed E-state index contributed by atoms with van der Waals surface area (Å²) < 4.78 is 0. The average Bonchev–Trinajstić information content (AvgIpc) is 3.24. The molecule has 0 spiro atoms. The van der Waals surface area contributed by atoms with Gasteiger partial charge in [-0.1, -0.05) is 30.3 Å². The van der Waals surface area contributed by atoms with Crippen LogP contribution < -0.4 is 5.73 Å². The molecule has 0 aromatic rings. The molecule has 0 radical (unpaired) electrons. The molecule has 1 rings (SSSR count). The van der Waals surface area contributed by atoms with Crippen molar-refractivity contribution in [3.63, 3.8) is 0 Å². The normalized spacial score (nSPS) is 18.7. The lowest BCUT2D eigenvalue weighted by Crippen LogP contribution is -2.14. The molecule has 0 bridgehead atoms. The maximum Gasteiger partial charge on any atom is 0.246 e. The number of nitrogens with zero attached hydrogens (tertiary/aromatic N) is 1. The van der Waals surface area contributed by atoms with E-state index in [-0.39, 0.29) is 0 Å². The summed E-state index contributed by atoms with van der Waals surface area (Å²) >= 11 is 5.97. The first-order chi connectivity index (χ1) is 9.40. The third kappa shape index (κ3) is 4.49. The highest BCUT2D eigenvalue weighted by Gasteiger charge is 2.29. The van der Waals surface area contributed by atoms with Crippen LogP contribution >= 0.6 is 11.6 Å². The third-order valence-electron chi connectivity index (χ3n) is 3.22. The van der Waals surface area contributed by atoms with Gasteiger partial charge in [0.05, 0.1) is 5.70 Å². The molecule has 1 fully saturated rings. The summed E-state index contributed by atoms with van der Waals surface area (Å²) in [4.78, 5) is 16.0. The molecule has 20 heavy (non-hydrogen) atoms. The van der Waals surface area contributed by atoms with Crippen LogP contribution in [0.3, 0.4) is 0 Å². The second kappa shape index (κ2) is 7.25. The summed E-state index contributed by atoms with van der Waals surface area (Å²) in [5, 5.41) is 0.552. The smallest absolute Gasteiger partial charge is 0.246 e. The van der Waals surface area contributed by atoms with Gasteiger partial charge in [-0.25, -0.2) is 0 Å². The number of primary amides is 1. The maximum absolute atomic E-state index is 11.4. The second-order valence-corrected chi connectivity index (χ2v) is 5.26. The standard InChI is InChI=1S/C16H21ClN2O/c1-5-12(9-14(17)6-2)11(4)19-15(13-7-8-13)10(3)16(18)20/h5-6,9,13H,2,7-8H2,1,3-4H3,(H2,18,20)/b12-5+,14-9+,15-10+,19-11+. The molecule has 108 valence electrons. The molecule has 1 amide bonds. The van der Waals surface area contributed by atoms with Crippen molar-refractivity contribution in [3.05, 3.63) is 46.7 Å². The van der Waals surface area contributed by atoms with Gasteiger partial charge in [0, 0.05) is 22.2 Å². The molecular weight excluding hydrogens is 272 g/mol. The zero-order chi connectivity index (χ0) is 15.3. The molecule has 0 aliphatic heterocycles. The van der Waals surface area contributed by atoms with Crippen LogP contribution in [0.5, 0.6) is 0 Å². The lowest BCUT2D eigenvalue weighted by Gasteiger charge is -2.07. The number of halogens is 1. The van der Waals surface area contributed by atoms with Gasteiger partial charge < -0.3 is 5.73 Å². The molecule has 2 N–H and O–H groups in total. The van der Waals surface area contributed by atoms with Crippen molar-refractivity contribution in [1.82, 2.24) is 0 Å². The van der Waals surface area contributed by atoms with Gasteiger partial charge in [0.2, 0.25) is 5.91 Å². The summed E-state index contributed by atoms with van der Waals surface area (Å²) in [6.07, 6.45) is 7.42. The number of carbonyl (C=O) groups excluding carboxylic acids is 1. The van der Waals surface area contributed by atoms with Crippen LogP contribution in [0, 0.1) is 5.92 Å². The van der Waals surface area contributed by atoms with Gasteiger partial charge in [-0.05, 0) is 45.3 Å². The first-order valence-electron chi connectivity index (χ1n) is 6.62. The molecule has 1 aliphatic carbocycles. The Morgan fingerprint density at radius 1 is 1.40 bits per heavy atom. The average molecular weight is 293 g/mol. The molecule has 1 saturated carbocycles. The lowest BCUT2D eigenvalue weighted by atomic mass is 10.1. The van der Waals surface area contributed by atoms with Crippen molar-refractivity contribution in [1.29, 1.82) is 0 Å². The minimum Gasteiger partial charge on any atom is -0.366 e. The highest BCUT2D eigenvalue weighted by molar-refractivity contribution is 6.31. The lowest BCUT2D eigenvalue weighted by molar-refractivity contribution is -0.114. The van der Waals surface area contributed by atoms with Gasteiger partial charge in [-0.15, -0.1) is 0 Å². The molecule has 0 unspecified atom stereocenters. The predicted molar refractivity (Wildman–Crippen MR) is 85.6 cm³/mol. The Labute approximate surface area is 125 Å². The summed E-state index contributed by atoms with van der Waals surface area (Å²) in [7, 11) is 0. The Morgan fingerprint density at radius 2 is 2.00 bits per heavy atom. The first kappa shape index (κ1) is 16.4. The molecule has 0 heterocycles. The highest BCUT2D eigenvalue weighted by atomic mass is 35.5. The van der Waals surface area contributed by atoms with E-state index in [1.807, 2.05) is 19.9 Å². The number of allylic oxidation sites excluding steroid dienone is 6. The van der Waals surface area contributed by atoms with Crippen LogP contribution in [0.1, 0.15) is 33.6 Å². The molecule has 0 saturated heterocycles. The Bertz CT molecular complexity index is 535. The summed E-state index contributed by atoms with van der Waals surface area (Å²) in [6.45, 7) is 9.17. The minimum absolute atomic E-state index is 0.356. The number of rotatable bonds is 6. The number of amides is 1. The fourth-order valence-corrected chi connectivity index (χ4v) is 1.93. The van der Waals surface area contributed by atoms with Crippen LogP contribution in [0.15, 0.2) is 51.7 Å². The third-order valence-corrected chi connectivity index (χ3v) is 3.49. The van der Waals surface area contributed by atoms with Crippen molar-refractivity contribution >= 4 is 23.2 Å². The van der Waals surface area contributed by atoms with Gasteiger partial charge in [0.15, 0.2) is 0 Å². The topological polar surface area (TPSA) is 55.4 Å². The molecular formula is C16H21ClN2O. The Kier molecular flexibility index (Phi) is 5.96. The van der Waals surface area contributed by atoms with E-state index in [2.05, 4.69) is 11.6 Å². The van der Waals surface area contributed by atoms with Crippen LogP contribution in [0.2, 0.25) is 0 Å². The number of aliphatic imine (C=N–C) groups is 1. The van der Waals surface area contributed by atoms with Crippen molar-refractivity contribution < 1.29 is 4.79 Å². The number of hydrogen-bond acceptors (Lipinski definition) is 2. The van der Waals surface area contributed by atoms with E-state index in [1.54, 1.807) is 19.1 Å². The van der Waals surface area contributed by atoms with Crippen molar-refractivity contribution in [2.45, 2.75) is 33.6 Å². The van der Waals surface area contributed by atoms with E-state index < -0.39 is 5.91 Å². The summed E-state index contributed by atoms with van der Waals surface area (Å²) in [5.74, 6) is -0.0560. The van der Waals surface area contributed by atoms with Crippen LogP contribution in [-0.2, 0) is 4.79 Å². The summed E-state index contributed by atoms with van der Waals surface area (Å²) in [5.41, 5.74) is 8.43. The Balaban J connectivity index is 3.15. The van der Waals surface area contributed by atoms with Crippen LogP contribution in [-0.4, -0.2) is 11.6 Å². The fraction of sp³-hybridized carbons (Fsp3) is 0.375. The van der Waals surface area contributed by atoms with Gasteiger partial charge >= 0.3 is 0 Å². The highest BCUT2D eigenvalue weighted by Crippen LogP contribution is 2.39. The zero-order valence-corrected chi connectivity index (χ0v) is 13.0. The molecule has 0 atom stereocenters. The molecule has 1 aliphatic rings.